The lowest BCUT2D eigenvalue weighted by Crippen LogP contribution is -2.38. The SMILES string of the molecule is CC(C)C.CC1COCCN1. The van der Waals surface area contributed by atoms with Crippen LogP contribution in [0.15, 0.2) is 0 Å². The van der Waals surface area contributed by atoms with Gasteiger partial charge in [-0.1, -0.05) is 20.8 Å². The van der Waals surface area contributed by atoms with Crippen molar-refractivity contribution in [2.45, 2.75) is 33.7 Å². The van der Waals surface area contributed by atoms with Crippen molar-refractivity contribution in [3.63, 3.8) is 0 Å². The molecule has 0 aromatic rings. The van der Waals surface area contributed by atoms with Gasteiger partial charge in [0.2, 0.25) is 0 Å². The van der Waals surface area contributed by atoms with Gasteiger partial charge in [-0.05, 0) is 12.8 Å². The molecular weight excluding hydrogens is 138 g/mol. The normalized spacial score (nSPS) is 24.3. The molecule has 0 spiro atoms. The second-order valence-corrected chi connectivity index (χ2v) is 3.66. The van der Waals surface area contributed by atoms with Crippen LogP contribution in [0.1, 0.15) is 27.7 Å². The van der Waals surface area contributed by atoms with Crippen molar-refractivity contribution in [1.82, 2.24) is 5.32 Å². The molecule has 2 nitrogen and oxygen atoms in total. The third-order valence-corrected chi connectivity index (χ3v) is 1.11. The summed E-state index contributed by atoms with van der Waals surface area (Å²) in [6, 6.07) is 0.564. The Morgan fingerprint density at radius 1 is 1.36 bits per heavy atom. The average molecular weight is 159 g/mol. The lowest BCUT2D eigenvalue weighted by atomic mass is 10.3. The minimum atomic E-state index is 0.564. The van der Waals surface area contributed by atoms with Crippen molar-refractivity contribution in [1.29, 1.82) is 0 Å². The van der Waals surface area contributed by atoms with Gasteiger partial charge in [0, 0.05) is 12.6 Å². The van der Waals surface area contributed by atoms with E-state index in [0.717, 1.165) is 25.7 Å². The summed E-state index contributed by atoms with van der Waals surface area (Å²) in [5.41, 5.74) is 0. The zero-order valence-corrected chi connectivity index (χ0v) is 8.18. The first-order chi connectivity index (χ1) is 5.13. The Hall–Kier alpha value is -0.0800. The van der Waals surface area contributed by atoms with E-state index < -0.39 is 0 Å². The van der Waals surface area contributed by atoms with Crippen LogP contribution in [0.25, 0.3) is 0 Å². The van der Waals surface area contributed by atoms with Crippen LogP contribution in [0, 0.1) is 5.92 Å². The van der Waals surface area contributed by atoms with Crippen molar-refractivity contribution in [2.24, 2.45) is 5.92 Å². The maximum atomic E-state index is 5.12. The van der Waals surface area contributed by atoms with Crippen molar-refractivity contribution in [3.8, 4) is 0 Å². The molecule has 1 rings (SSSR count). The molecule has 2 heteroatoms. The van der Waals surface area contributed by atoms with Crippen molar-refractivity contribution < 1.29 is 4.74 Å². The first kappa shape index (κ1) is 10.9. The van der Waals surface area contributed by atoms with E-state index in [9.17, 15) is 0 Å². The molecule has 0 amide bonds. The van der Waals surface area contributed by atoms with E-state index >= 15 is 0 Å². The minimum Gasteiger partial charge on any atom is -0.379 e. The van der Waals surface area contributed by atoms with Crippen LogP contribution in [0.3, 0.4) is 0 Å². The Kier molecular flexibility index (Phi) is 6.57. The number of ether oxygens (including phenoxy) is 1. The molecule has 1 unspecified atom stereocenters. The molecule has 1 aliphatic heterocycles. The molecule has 1 N–H and O–H groups in total. The van der Waals surface area contributed by atoms with Gasteiger partial charge in [0.15, 0.2) is 0 Å². The van der Waals surface area contributed by atoms with E-state index in [1.807, 2.05) is 0 Å². The number of morpholine rings is 1. The molecule has 1 fully saturated rings. The molecule has 0 aliphatic carbocycles. The summed E-state index contributed by atoms with van der Waals surface area (Å²) in [4.78, 5) is 0. The van der Waals surface area contributed by atoms with E-state index in [0.29, 0.717) is 6.04 Å². The highest BCUT2D eigenvalue weighted by atomic mass is 16.5. The van der Waals surface area contributed by atoms with E-state index in [2.05, 4.69) is 33.0 Å². The third-order valence-electron chi connectivity index (χ3n) is 1.11. The maximum Gasteiger partial charge on any atom is 0.0617 e. The zero-order chi connectivity index (χ0) is 8.69. The van der Waals surface area contributed by atoms with Crippen LogP contribution in [-0.2, 0) is 4.74 Å². The van der Waals surface area contributed by atoms with E-state index in [-0.39, 0.29) is 0 Å². The van der Waals surface area contributed by atoms with Gasteiger partial charge in [0.1, 0.15) is 0 Å². The van der Waals surface area contributed by atoms with Crippen LogP contribution >= 0.6 is 0 Å². The summed E-state index contributed by atoms with van der Waals surface area (Å²) < 4.78 is 5.12. The molecule has 0 bridgehead atoms. The van der Waals surface area contributed by atoms with E-state index in [1.54, 1.807) is 0 Å². The van der Waals surface area contributed by atoms with Crippen molar-refractivity contribution >= 4 is 0 Å². The van der Waals surface area contributed by atoms with Gasteiger partial charge >= 0.3 is 0 Å². The molecule has 68 valence electrons. The fourth-order valence-corrected chi connectivity index (χ4v) is 0.697. The highest BCUT2D eigenvalue weighted by Gasteiger charge is 2.04. The lowest BCUT2D eigenvalue weighted by Gasteiger charge is -2.19. The molecule has 1 saturated heterocycles. The highest BCUT2D eigenvalue weighted by molar-refractivity contribution is 4.62. The fraction of sp³-hybridized carbons (Fsp3) is 1.00. The largest absolute Gasteiger partial charge is 0.379 e. The highest BCUT2D eigenvalue weighted by Crippen LogP contribution is 1.88. The number of hydrogen-bond acceptors (Lipinski definition) is 2. The average Bonchev–Trinajstić information content (AvgIpc) is 1.87. The maximum absolute atomic E-state index is 5.12. The topological polar surface area (TPSA) is 21.3 Å². The molecule has 0 aromatic carbocycles. The Bertz CT molecular complexity index is 74.9. The quantitative estimate of drug-likeness (QED) is 0.580. The second kappa shape index (κ2) is 6.62. The standard InChI is InChI=1S/C5H11NO.C4H10/c1-5-4-7-3-2-6-5;1-4(2)3/h5-6H,2-4H2,1H3;4H,1-3H3. The van der Waals surface area contributed by atoms with Gasteiger partial charge in [-0.15, -0.1) is 0 Å². The molecule has 0 saturated carbocycles. The summed E-state index contributed by atoms with van der Waals surface area (Å²) in [7, 11) is 0. The molecule has 0 aromatic heterocycles. The summed E-state index contributed by atoms with van der Waals surface area (Å²) in [5, 5.41) is 3.26. The third kappa shape index (κ3) is 9.92. The lowest BCUT2D eigenvalue weighted by molar-refractivity contribution is 0.0824. The van der Waals surface area contributed by atoms with Crippen molar-refractivity contribution in [3.05, 3.63) is 0 Å². The van der Waals surface area contributed by atoms with E-state index in [4.69, 9.17) is 4.74 Å². The van der Waals surface area contributed by atoms with Gasteiger partial charge < -0.3 is 10.1 Å². The molecule has 11 heavy (non-hydrogen) atoms. The molecule has 1 aliphatic rings. The first-order valence-electron chi connectivity index (χ1n) is 4.44. The van der Waals surface area contributed by atoms with Gasteiger partial charge in [0.05, 0.1) is 13.2 Å². The minimum absolute atomic E-state index is 0.564. The molecule has 1 heterocycles. The van der Waals surface area contributed by atoms with Gasteiger partial charge in [-0.2, -0.15) is 0 Å². The second-order valence-electron chi connectivity index (χ2n) is 3.66. The first-order valence-corrected chi connectivity index (χ1v) is 4.44. The number of hydrogen-bond donors (Lipinski definition) is 1. The molecule has 1 atom stereocenters. The molecule has 0 radical (unpaired) electrons. The van der Waals surface area contributed by atoms with Gasteiger partial charge in [0.25, 0.3) is 0 Å². The predicted octanol–water partition coefficient (Wildman–Crippen LogP) is 1.66. The Balaban J connectivity index is 0.000000218. The van der Waals surface area contributed by atoms with Crippen molar-refractivity contribution in [2.75, 3.05) is 19.8 Å². The fourth-order valence-electron chi connectivity index (χ4n) is 0.697. The smallest absolute Gasteiger partial charge is 0.0617 e. The van der Waals surface area contributed by atoms with Crippen LogP contribution in [0.5, 0.6) is 0 Å². The van der Waals surface area contributed by atoms with Crippen LogP contribution in [-0.4, -0.2) is 25.8 Å². The number of nitrogens with one attached hydrogen (secondary N) is 1. The summed E-state index contributed by atoms with van der Waals surface area (Å²) >= 11 is 0. The van der Waals surface area contributed by atoms with Gasteiger partial charge in [-0.3, -0.25) is 0 Å². The molecular formula is C9H21NO. The Labute approximate surface area is 70.3 Å². The zero-order valence-electron chi connectivity index (χ0n) is 8.18. The summed E-state index contributed by atoms with van der Waals surface area (Å²) in [6.07, 6.45) is 0. The Morgan fingerprint density at radius 2 is 1.91 bits per heavy atom. The van der Waals surface area contributed by atoms with Crippen LogP contribution in [0.2, 0.25) is 0 Å². The van der Waals surface area contributed by atoms with Crippen LogP contribution in [0.4, 0.5) is 0 Å². The predicted molar refractivity (Wildman–Crippen MR) is 48.8 cm³/mol. The van der Waals surface area contributed by atoms with E-state index in [1.165, 1.54) is 0 Å². The Morgan fingerprint density at radius 3 is 2.09 bits per heavy atom. The summed E-state index contributed by atoms with van der Waals surface area (Å²) in [6.45, 7) is 11.4. The summed E-state index contributed by atoms with van der Waals surface area (Å²) in [5.74, 6) is 0.833. The monoisotopic (exact) mass is 159 g/mol. The van der Waals surface area contributed by atoms with Crippen LogP contribution < -0.4 is 5.32 Å². The number of rotatable bonds is 0. The van der Waals surface area contributed by atoms with Gasteiger partial charge in [-0.25, -0.2) is 0 Å².